The minimum absolute atomic E-state index is 0.0218. The van der Waals surface area contributed by atoms with Gasteiger partial charge in [-0.2, -0.15) is 0 Å². The van der Waals surface area contributed by atoms with Crippen LogP contribution in [-0.2, 0) is 40.0 Å². The van der Waals surface area contributed by atoms with Gasteiger partial charge in [0.05, 0.1) is 43.2 Å². The van der Waals surface area contributed by atoms with Gasteiger partial charge in [0.2, 0.25) is 5.91 Å². The van der Waals surface area contributed by atoms with Crippen LogP contribution in [0.5, 0.6) is 11.5 Å². The van der Waals surface area contributed by atoms with Crippen LogP contribution in [0.15, 0.2) is 103 Å². The van der Waals surface area contributed by atoms with E-state index in [2.05, 4.69) is 31.2 Å². The number of likely N-dealkylation sites (N-methyl/N-ethyl adjacent to an activating group) is 2. The molecule has 0 radical (unpaired) electrons. The molecule has 3 atom stereocenters. The molecule has 8 rings (SSSR count). The fourth-order valence-electron chi connectivity index (χ4n) is 10.2. The number of halogens is 1. The van der Waals surface area contributed by atoms with Crippen molar-refractivity contribution >= 4 is 110 Å². The first kappa shape index (κ1) is 65.9. The lowest BCUT2D eigenvalue weighted by atomic mass is 9.89. The number of aryl methyl sites for hydroxylation is 1. The van der Waals surface area contributed by atoms with E-state index in [0.29, 0.717) is 45.2 Å². The number of urea groups is 1. The number of aromatic amines is 1. The summed E-state index contributed by atoms with van der Waals surface area (Å²) in [5.41, 5.74) is 9.50. The molecule has 0 aliphatic carbocycles. The van der Waals surface area contributed by atoms with Crippen molar-refractivity contribution in [3.63, 3.8) is 0 Å². The quantitative estimate of drug-likeness (QED) is 0.0151. The third-order valence-corrected chi connectivity index (χ3v) is 15.5. The smallest absolute Gasteiger partial charge is 0.415 e. The molecule has 26 nitrogen and oxygen atoms in total. The number of nitrogens with one attached hydrogen (secondary N) is 5. The molecule has 8 N–H and O–H groups in total. The van der Waals surface area contributed by atoms with Gasteiger partial charge in [-0.3, -0.25) is 33.7 Å². The van der Waals surface area contributed by atoms with Crippen molar-refractivity contribution < 1.29 is 72.0 Å². The van der Waals surface area contributed by atoms with Gasteiger partial charge in [0.1, 0.15) is 36.2 Å². The number of benzene rings is 4. The Balaban J connectivity index is 0.825. The standard InChI is InChI=1S/C63H70ClN11O15/c1-36(2)56(71-61(84)88-27-26-87-25-24-74-52(78)19-20-53(74)79)49(77)29-40(9-7-21-66-60(65)83)58(81)68-43-15-11-38(12-16-43)35-89-62(85)72(4)22-23-73(5)63(86)90-50-31-48-55(54-37(3)8-6-10-45(50)54)42(32-64)34-75(48)59(82)46-28-41-30-51(67-33-47(41)69-46)70-57(80)39-13-17-44(76)18-14-39/h6,8,10-20,28,30-31,33,36,40,42,56,69,76H,7,9,21-27,29,32,34-35H2,1-5H3,(H,68,81)(H,71,84)(H3,65,66,83)(H,67,70,80)/t40-,42-,56+/m1/s1. The number of phenolic OH excluding ortho intramolecular Hbond substituents is 1. The first-order chi connectivity index (χ1) is 43.1. The monoisotopic (exact) mass is 1260 g/mol. The average Bonchev–Trinajstić information content (AvgIpc) is 1.59. The minimum Gasteiger partial charge on any atom is -0.508 e. The zero-order valence-corrected chi connectivity index (χ0v) is 50.9. The number of phenols is 1. The molecule has 2 aromatic heterocycles. The molecule has 0 unspecified atom stereocenters. The molecule has 6 aromatic rings. The van der Waals surface area contributed by atoms with Gasteiger partial charge in [-0.05, 0) is 96.3 Å². The summed E-state index contributed by atoms with van der Waals surface area (Å²) in [5.74, 6) is -3.54. The molecule has 10 amide bonds. The Morgan fingerprint density at radius 3 is 2.27 bits per heavy atom. The number of H-pyrrole nitrogens is 1. The normalized spacial score (nSPS) is 14.1. The maximum Gasteiger partial charge on any atom is 0.415 e. The van der Waals surface area contributed by atoms with Crippen molar-refractivity contribution in [1.29, 1.82) is 0 Å². The number of imide groups is 1. The van der Waals surface area contributed by atoms with Crippen LogP contribution in [0.3, 0.4) is 0 Å². The zero-order valence-electron chi connectivity index (χ0n) is 50.2. The van der Waals surface area contributed by atoms with E-state index in [0.717, 1.165) is 33.6 Å². The van der Waals surface area contributed by atoms with Crippen LogP contribution in [0.4, 0.5) is 36.4 Å². The molecule has 4 heterocycles. The molecule has 2 aliphatic rings. The van der Waals surface area contributed by atoms with E-state index in [1.165, 1.54) is 54.4 Å². The summed E-state index contributed by atoms with van der Waals surface area (Å²) < 4.78 is 22.2. The third-order valence-electron chi connectivity index (χ3n) is 15.1. The van der Waals surface area contributed by atoms with Crippen molar-refractivity contribution in [2.24, 2.45) is 17.6 Å². The third kappa shape index (κ3) is 16.7. The van der Waals surface area contributed by atoms with Crippen molar-refractivity contribution in [2.45, 2.75) is 58.6 Å². The van der Waals surface area contributed by atoms with Crippen molar-refractivity contribution in [3.05, 3.63) is 131 Å². The molecule has 4 aromatic carbocycles. The molecular formula is C63H70ClN11O15. The highest BCUT2D eigenvalue weighted by molar-refractivity contribution is 6.20. The number of pyridine rings is 1. The Morgan fingerprint density at radius 1 is 0.867 bits per heavy atom. The number of alkyl halides is 1. The van der Waals surface area contributed by atoms with Crippen LogP contribution in [0.1, 0.15) is 76.6 Å². The second-order valence-corrected chi connectivity index (χ2v) is 22.2. The SMILES string of the molecule is Cc1cccc2c(OC(=O)N(C)CCN(C)C(=O)OCc3ccc(NC(=O)[C@H](CCCNC(N)=O)CC(=O)[C@@H](NC(=O)OCCOCCN4C(=O)C=CC4=O)C(C)C)cc3)cc3c(c12)[C@H](CCl)CN3C(=O)c1cc2cc(NC(=O)c3ccc(O)cc3)ncc2[nH]1. The average molecular weight is 1260 g/mol. The molecule has 0 saturated carbocycles. The second-order valence-electron chi connectivity index (χ2n) is 21.9. The summed E-state index contributed by atoms with van der Waals surface area (Å²) in [7, 11) is 3.03. The Labute approximate surface area is 522 Å². The first-order valence-corrected chi connectivity index (χ1v) is 29.5. The number of ketones is 1. The molecule has 90 heavy (non-hydrogen) atoms. The van der Waals surface area contributed by atoms with E-state index >= 15 is 0 Å². The van der Waals surface area contributed by atoms with E-state index in [4.69, 9.17) is 36.3 Å². The number of hydrogen-bond donors (Lipinski definition) is 7. The van der Waals surface area contributed by atoms with E-state index in [1.807, 2.05) is 25.1 Å². The summed E-state index contributed by atoms with van der Waals surface area (Å²) in [6.45, 7) is 5.52. The molecule has 0 bridgehead atoms. The summed E-state index contributed by atoms with van der Waals surface area (Å²) in [6.07, 6.45) is 1.72. The predicted molar refractivity (Wildman–Crippen MR) is 332 cm³/mol. The van der Waals surface area contributed by atoms with E-state index in [9.17, 15) is 53.1 Å². The van der Waals surface area contributed by atoms with Crippen LogP contribution in [0, 0.1) is 18.8 Å². The number of ether oxygens (including phenoxy) is 4. The number of hydrogen-bond acceptors (Lipinski definition) is 16. The molecule has 27 heteroatoms. The minimum atomic E-state index is -1.03. The van der Waals surface area contributed by atoms with Gasteiger partial charge in [0, 0.05) is 105 Å². The van der Waals surface area contributed by atoms with E-state index in [-0.39, 0.29) is 113 Å². The Hall–Kier alpha value is -10.1. The number of anilines is 3. The number of nitrogens with two attached hydrogens (primary N) is 1. The lowest BCUT2D eigenvalue weighted by molar-refractivity contribution is -0.137. The van der Waals surface area contributed by atoms with Crippen LogP contribution >= 0.6 is 11.6 Å². The number of nitrogens with zero attached hydrogens (tertiary/aromatic N) is 5. The zero-order chi connectivity index (χ0) is 64.8. The largest absolute Gasteiger partial charge is 0.508 e. The van der Waals surface area contributed by atoms with Gasteiger partial charge in [-0.15, -0.1) is 11.6 Å². The number of carbonyl (C=O) groups excluding carboxylic acids is 10. The Bertz CT molecular complexity index is 3710. The first-order valence-electron chi connectivity index (χ1n) is 28.9. The second kappa shape index (κ2) is 30.2. The van der Waals surface area contributed by atoms with Crippen LogP contribution < -0.4 is 36.6 Å². The summed E-state index contributed by atoms with van der Waals surface area (Å²) in [6, 6.07) is 21.0. The van der Waals surface area contributed by atoms with Crippen LogP contribution in [-0.4, -0.2) is 168 Å². The maximum absolute atomic E-state index is 14.5. The van der Waals surface area contributed by atoms with Crippen LogP contribution in [0.25, 0.3) is 21.7 Å². The van der Waals surface area contributed by atoms with E-state index in [1.54, 1.807) is 61.2 Å². The van der Waals surface area contributed by atoms with Gasteiger partial charge in [-0.1, -0.05) is 44.2 Å². The number of alkyl carbamates (subject to hydrolysis) is 1. The maximum atomic E-state index is 14.5. The van der Waals surface area contributed by atoms with Gasteiger partial charge >= 0.3 is 24.3 Å². The molecule has 2 aliphatic heterocycles. The lowest BCUT2D eigenvalue weighted by Gasteiger charge is -2.24. The highest BCUT2D eigenvalue weighted by atomic mass is 35.5. The van der Waals surface area contributed by atoms with Gasteiger partial charge in [0.15, 0.2) is 5.78 Å². The Morgan fingerprint density at radius 2 is 1.58 bits per heavy atom. The van der Waals surface area contributed by atoms with Crippen molar-refractivity contribution in [1.82, 2.24) is 35.3 Å². The number of carbonyl (C=O) groups is 10. The molecular weight excluding hydrogens is 1190 g/mol. The van der Waals surface area contributed by atoms with Gasteiger partial charge in [-0.25, -0.2) is 24.2 Å². The number of Topliss-reactive ketones (excluding diaryl/α,β-unsaturated/α-hetero) is 1. The fraction of sp³-hybridized carbons (Fsp3) is 0.349. The van der Waals surface area contributed by atoms with Gasteiger partial charge < -0.3 is 70.7 Å². The summed E-state index contributed by atoms with van der Waals surface area (Å²) >= 11 is 6.61. The van der Waals surface area contributed by atoms with Gasteiger partial charge in [0.25, 0.3) is 23.6 Å². The van der Waals surface area contributed by atoms with Crippen molar-refractivity contribution in [2.75, 3.05) is 88.1 Å². The molecule has 0 fully saturated rings. The summed E-state index contributed by atoms with van der Waals surface area (Å²) in [5, 5.41) is 22.3. The Kier molecular flexibility index (Phi) is 22.1. The highest BCUT2D eigenvalue weighted by Crippen LogP contribution is 2.47. The summed E-state index contributed by atoms with van der Waals surface area (Å²) in [4.78, 5) is 142. The fourth-order valence-corrected chi connectivity index (χ4v) is 10.5. The number of rotatable bonds is 27. The highest BCUT2D eigenvalue weighted by Gasteiger charge is 2.37. The molecule has 0 saturated heterocycles. The van der Waals surface area contributed by atoms with Crippen molar-refractivity contribution in [3.8, 4) is 11.5 Å². The topological polar surface area (TPSA) is 344 Å². The predicted octanol–water partition coefficient (Wildman–Crippen LogP) is 7.32. The lowest BCUT2D eigenvalue weighted by Crippen LogP contribution is -2.46. The van der Waals surface area contributed by atoms with E-state index < -0.39 is 71.6 Å². The number of primary amides is 1. The molecule has 474 valence electrons. The number of aromatic nitrogens is 2. The number of fused-ring (bicyclic) bond motifs is 4. The molecule has 0 spiro atoms. The number of amides is 10. The number of aromatic hydroxyl groups is 1. The van der Waals surface area contributed by atoms with Crippen LogP contribution in [0.2, 0.25) is 0 Å².